The Balaban J connectivity index is 2.52. The normalized spacial score (nSPS) is 10.1. The zero-order chi connectivity index (χ0) is 9.97. The van der Waals surface area contributed by atoms with Gasteiger partial charge in [0.15, 0.2) is 0 Å². The summed E-state index contributed by atoms with van der Waals surface area (Å²) in [4.78, 5) is 12.6. The molecule has 0 N–H and O–H groups in total. The van der Waals surface area contributed by atoms with Gasteiger partial charge in [-0.2, -0.15) is 4.98 Å². The molecule has 0 saturated carbocycles. The van der Waals surface area contributed by atoms with Crippen molar-refractivity contribution in [2.24, 2.45) is 0 Å². The maximum absolute atomic E-state index is 4.24. The predicted octanol–water partition coefficient (Wildman–Crippen LogP) is 0.765. The Kier molecular flexibility index (Phi) is 2.18. The smallest absolute Gasteiger partial charge is 0.206 e. The van der Waals surface area contributed by atoms with E-state index in [2.05, 4.69) is 15.0 Å². The summed E-state index contributed by atoms with van der Waals surface area (Å²) in [7, 11) is 0. The molecule has 0 aliphatic carbocycles. The lowest BCUT2D eigenvalue weighted by Crippen LogP contribution is -2.32. The molecule has 4 nitrogen and oxygen atoms in total. The highest BCUT2D eigenvalue weighted by Gasteiger charge is 2.11. The van der Waals surface area contributed by atoms with E-state index < -0.39 is 0 Å². The molecule has 2 aromatic rings. The van der Waals surface area contributed by atoms with Crippen LogP contribution in [0.2, 0.25) is 0 Å². The van der Waals surface area contributed by atoms with Crippen molar-refractivity contribution in [3.63, 3.8) is 0 Å². The molecule has 4 heteroatoms. The lowest BCUT2D eigenvalue weighted by molar-refractivity contribution is -0.603. The lowest BCUT2D eigenvalue weighted by atomic mass is 10.5. The van der Waals surface area contributed by atoms with Crippen molar-refractivity contribution < 1.29 is 4.57 Å². The van der Waals surface area contributed by atoms with E-state index in [-0.39, 0.29) is 0 Å². The van der Waals surface area contributed by atoms with Gasteiger partial charge in [-0.15, -0.1) is 0 Å². The van der Waals surface area contributed by atoms with Crippen LogP contribution in [0.3, 0.4) is 0 Å². The highest BCUT2D eigenvalue weighted by atomic mass is 15.2. The monoisotopic (exact) mass is 187 g/mol. The highest BCUT2D eigenvalue weighted by molar-refractivity contribution is 5.00. The van der Waals surface area contributed by atoms with Crippen molar-refractivity contribution in [2.75, 3.05) is 0 Å². The van der Waals surface area contributed by atoms with Crippen LogP contribution in [0.5, 0.6) is 0 Å². The van der Waals surface area contributed by atoms with Gasteiger partial charge in [-0.1, -0.05) is 16.0 Å². The number of nitrogens with zero attached hydrogens (tertiary/aromatic N) is 4. The van der Waals surface area contributed by atoms with Crippen LogP contribution in [0.15, 0.2) is 30.6 Å². The van der Waals surface area contributed by atoms with Gasteiger partial charge in [-0.25, -0.2) is 4.57 Å². The second-order valence-corrected chi connectivity index (χ2v) is 3.01. The molecule has 70 valence electrons. The van der Waals surface area contributed by atoms with E-state index in [4.69, 9.17) is 0 Å². The number of hydrogen-bond donors (Lipinski definition) is 0. The van der Waals surface area contributed by atoms with Gasteiger partial charge in [0.05, 0.1) is 12.4 Å². The third-order valence-electron chi connectivity index (χ3n) is 1.79. The predicted molar refractivity (Wildman–Crippen MR) is 50.8 cm³/mol. The van der Waals surface area contributed by atoms with Gasteiger partial charge in [0.25, 0.3) is 0 Å². The number of pyridine rings is 1. The van der Waals surface area contributed by atoms with E-state index in [0.717, 1.165) is 11.6 Å². The minimum absolute atomic E-state index is 0.663. The minimum Gasteiger partial charge on any atom is -0.206 e. The second kappa shape index (κ2) is 3.49. The maximum Gasteiger partial charge on any atom is 0.440 e. The number of rotatable bonds is 1. The molecular formula is C10H11N4+. The molecule has 0 amide bonds. The van der Waals surface area contributed by atoms with Crippen LogP contribution < -0.4 is 4.57 Å². The van der Waals surface area contributed by atoms with E-state index in [0.29, 0.717) is 5.95 Å². The summed E-state index contributed by atoms with van der Waals surface area (Å²) in [5, 5.41) is 0. The summed E-state index contributed by atoms with van der Waals surface area (Å²) < 4.78 is 1.86. The molecule has 0 aliphatic heterocycles. The van der Waals surface area contributed by atoms with Gasteiger partial charge < -0.3 is 0 Å². The molecule has 0 bridgehead atoms. The third-order valence-corrected chi connectivity index (χ3v) is 1.79. The molecule has 0 fully saturated rings. The van der Waals surface area contributed by atoms with Crippen molar-refractivity contribution in [1.82, 2.24) is 15.0 Å². The SMILES string of the molecule is Cc1nc(C)nc(-[n+]2ccccc2)n1. The Morgan fingerprint density at radius 3 is 2.00 bits per heavy atom. The van der Waals surface area contributed by atoms with E-state index in [1.165, 1.54) is 0 Å². The Labute approximate surface area is 82.3 Å². The molecule has 0 aliphatic rings. The van der Waals surface area contributed by atoms with Gasteiger partial charge >= 0.3 is 5.95 Å². The molecule has 2 heterocycles. The summed E-state index contributed by atoms with van der Waals surface area (Å²) in [6.07, 6.45) is 3.82. The largest absolute Gasteiger partial charge is 0.440 e. The fraction of sp³-hybridized carbons (Fsp3) is 0.200. The molecule has 0 unspecified atom stereocenters. The van der Waals surface area contributed by atoms with Gasteiger partial charge in [0.2, 0.25) is 11.6 Å². The standard InChI is InChI=1S/C10H11N4/c1-8-11-9(2)13-10(12-8)14-6-4-3-5-7-14/h3-7H,1-2H3/q+1. The van der Waals surface area contributed by atoms with E-state index in [1.54, 1.807) is 0 Å². The lowest BCUT2D eigenvalue weighted by Gasteiger charge is -1.94. The van der Waals surface area contributed by atoms with Crippen molar-refractivity contribution in [3.8, 4) is 5.95 Å². The number of aromatic nitrogens is 4. The van der Waals surface area contributed by atoms with Crippen LogP contribution in [0.1, 0.15) is 11.6 Å². The fourth-order valence-corrected chi connectivity index (χ4v) is 1.25. The van der Waals surface area contributed by atoms with Crippen molar-refractivity contribution >= 4 is 0 Å². The quantitative estimate of drug-likeness (QED) is 0.619. The first-order chi connectivity index (χ1) is 6.75. The van der Waals surface area contributed by atoms with Gasteiger partial charge in [-0.05, 0) is 12.1 Å². The first-order valence-corrected chi connectivity index (χ1v) is 4.41. The second-order valence-electron chi connectivity index (χ2n) is 3.01. The van der Waals surface area contributed by atoms with Crippen molar-refractivity contribution in [1.29, 1.82) is 0 Å². The molecule has 2 rings (SSSR count). The van der Waals surface area contributed by atoms with Gasteiger partial charge in [0.1, 0.15) is 0 Å². The minimum atomic E-state index is 0.663. The Morgan fingerprint density at radius 2 is 1.43 bits per heavy atom. The topological polar surface area (TPSA) is 42.5 Å². The molecular weight excluding hydrogens is 176 g/mol. The summed E-state index contributed by atoms with van der Waals surface area (Å²) in [5.74, 6) is 2.14. The number of hydrogen-bond acceptors (Lipinski definition) is 3. The zero-order valence-corrected chi connectivity index (χ0v) is 8.18. The third kappa shape index (κ3) is 1.74. The summed E-state index contributed by atoms with van der Waals surface area (Å²) in [6.45, 7) is 3.73. The molecule has 0 atom stereocenters. The first-order valence-electron chi connectivity index (χ1n) is 4.41. The Morgan fingerprint density at radius 1 is 0.857 bits per heavy atom. The van der Waals surface area contributed by atoms with Crippen molar-refractivity contribution in [3.05, 3.63) is 42.2 Å². The fourth-order valence-electron chi connectivity index (χ4n) is 1.25. The molecule has 2 aromatic heterocycles. The molecule has 0 aromatic carbocycles. The number of aryl methyl sites for hydroxylation is 2. The van der Waals surface area contributed by atoms with E-state index in [1.807, 2.05) is 49.0 Å². The average Bonchev–Trinajstić information content (AvgIpc) is 2.18. The average molecular weight is 187 g/mol. The maximum atomic E-state index is 4.24. The van der Waals surface area contributed by atoms with Gasteiger partial charge in [-0.3, -0.25) is 0 Å². The summed E-state index contributed by atoms with van der Waals surface area (Å²) in [6, 6.07) is 5.83. The first kappa shape index (κ1) is 8.74. The van der Waals surface area contributed by atoms with Crippen LogP contribution in [-0.4, -0.2) is 15.0 Å². The molecule has 0 radical (unpaired) electrons. The zero-order valence-electron chi connectivity index (χ0n) is 8.18. The van der Waals surface area contributed by atoms with Crippen molar-refractivity contribution in [2.45, 2.75) is 13.8 Å². The van der Waals surface area contributed by atoms with Gasteiger partial charge in [0, 0.05) is 13.8 Å². The summed E-state index contributed by atoms with van der Waals surface area (Å²) in [5.41, 5.74) is 0. The van der Waals surface area contributed by atoms with Crippen LogP contribution in [0, 0.1) is 13.8 Å². The van der Waals surface area contributed by atoms with Crippen LogP contribution >= 0.6 is 0 Å². The van der Waals surface area contributed by atoms with E-state index >= 15 is 0 Å². The van der Waals surface area contributed by atoms with Crippen LogP contribution in [0.4, 0.5) is 0 Å². The molecule has 0 saturated heterocycles. The van der Waals surface area contributed by atoms with E-state index in [9.17, 15) is 0 Å². The van der Waals surface area contributed by atoms with Crippen LogP contribution in [-0.2, 0) is 0 Å². The Hall–Kier alpha value is -1.84. The van der Waals surface area contributed by atoms with Crippen LogP contribution in [0.25, 0.3) is 5.95 Å². The highest BCUT2D eigenvalue weighted by Crippen LogP contribution is 1.93. The summed E-state index contributed by atoms with van der Waals surface area (Å²) >= 11 is 0. The molecule has 0 spiro atoms. The Bertz CT molecular complexity index is 419. The molecule has 14 heavy (non-hydrogen) atoms.